The molecule has 0 unspecified atom stereocenters. The zero-order chi connectivity index (χ0) is 17.2. The number of halogens is 3. The van der Waals surface area contributed by atoms with Crippen LogP contribution in [0, 0.1) is 0 Å². The van der Waals surface area contributed by atoms with Crippen molar-refractivity contribution in [1.29, 1.82) is 0 Å². The average Bonchev–Trinajstić information content (AvgIpc) is 2.94. The van der Waals surface area contributed by atoms with Gasteiger partial charge in [-0.05, 0) is 6.92 Å². The zero-order valence-electron chi connectivity index (χ0n) is 13.4. The molecule has 23 heavy (non-hydrogen) atoms. The summed E-state index contributed by atoms with van der Waals surface area (Å²) in [5.74, 6) is 1.12. The molecule has 1 fully saturated rings. The lowest BCUT2D eigenvalue weighted by atomic mass is 10.2. The van der Waals surface area contributed by atoms with Gasteiger partial charge in [0.15, 0.2) is 5.82 Å². The van der Waals surface area contributed by atoms with Gasteiger partial charge in [-0.15, -0.1) is 0 Å². The fraction of sp³-hybridized carbons (Fsp3) is 0.714. The molecule has 1 aliphatic rings. The van der Waals surface area contributed by atoms with E-state index in [1.807, 2.05) is 13.8 Å². The highest BCUT2D eigenvalue weighted by Crippen LogP contribution is 2.25. The molecule has 9 heteroatoms. The van der Waals surface area contributed by atoms with E-state index in [1.54, 1.807) is 6.07 Å². The maximum atomic E-state index is 12.7. The second kappa shape index (κ2) is 6.77. The maximum Gasteiger partial charge on any atom is 0.403 e. The minimum Gasteiger partial charge on any atom is -0.359 e. The molecule has 2 rings (SSSR count). The van der Waals surface area contributed by atoms with Gasteiger partial charge in [0.1, 0.15) is 11.8 Å². The number of urea groups is 1. The van der Waals surface area contributed by atoms with Crippen LogP contribution in [-0.2, 0) is 0 Å². The molecule has 1 aromatic rings. The first kappa shape index (κ1) is 17.6. The Bertz CT molecular complexity index is 536. The molecule has 1 atom stereocenters. The molecule has 1 aromatic heterocycles. The highest BCUT2D eigenvalue weighted by molar-refractivity contribution is 5.88. The minimum absolute atomic E-state index is 0.153. The first-order chi connectivity index (χ1) is 10.7. The van der Waals surface area contributed by atoms with E-state index >= 15 is 0 Å². The zero-order valence-corrected chi connectivity index (χ0v) is 13.4. The number of piperazine rings is 1. The quantitative estimate of drug-likeness (QED) is 0.923. The van der Waals surface area contributed by atoms with Crippen molar-refractivity contribution >= 4 is 11.8 Å². The monoisotopic (exact) mass is 334 g/mol. The largest absolute Gasteiger partial charge is 0.403 e. The van der Waals surface area contributed by atoms with E-state index in [1.165, 1.54) is 9.80 Å². The lowest BCUT2D eigenvalue weighted by Crippen LogP contribution is -2.55. The summed E-state index contributed by atoms with van der Waals surface area (Å²) < 4.78 is 43.2. The second-order valence-corrected chi connectivity index (χ2v) is 5.94. The average molecular weight is 334 g/mol. The minimum atomic E-state index is -4.25. The van der Waals surface area contributed by atoms with Crippen molar-refractivity contribution in [1.82, 2.24) is 15.0 Å². The summed E-state index contributed by atoms with van der Waals surface area (Å²) in [5, 5.41) is 6.36. The fourth-order valence-electron chi connectivity index (χ4n) is 2.33. The van der Waals surface area contributed by atoms with Crippen molar-refractivity contribution in [3.8, 4) is 0 Å². The van der Waals surface area contributed by atoms with Crippen LogP contribution in [-0.4, -0.2) is 59.4 Å². The molecule has 0 bridgehead atoms. The van der Waals surface area contributed by atoms with Gasteiger partial charge in [0.05, 0.1) is 0 Å². The fourth-order valence-corrected chi connectivity index (χ4v) is 2.33. The van der Waals surface area contributed by atoms with Gasteiger partial charge in [0.2, 0.25) is 0 Å². The van der Waals surface area contributed by atoms with Crippen LogP contribution in [0.25, 0.3) is 0 Å². The van der Waals surface area contributed by atoms with Crippen molar-refractivity contribution in [3.05, 3.63) is 11.8 Å². The number of alkyl halides is 3. The van der Waals surface area contributed by atoms with Crippen molar-refractivity contribution in [2.45, 2.75) is 38.9 Å². The Hall–Kier alpha value is -1.77. The number of amides is 2. The summed E-state index contributed by atoms with van der Waals surface area (Å²) in [4.78, 5) is 14.9. The summed E-state index contributed by atoms with van der Waals surface area (Å²) in [6.45, 7) is 5.86. The van der Waals surface area contributed by atoms with E-state index in [2.05, 4.69) is 10.5 Å². The van der Waals surface area contributed by atoms with Gasteiger partial charge < -0.3 is 9.42 Å². The Morgan fingerprint density at radius 3 is 2.35 bits per heavy atom. The van der Waals surface area contributed by atoms with E-state index in [9.17, 15) is 18.0 Å². The highest BCUT2D eigenvalue weighted by atomic mass is 19.4. The summed E-state index contributed by atoms with van der Waals surface area (Å²) >= 11 is 0. The molecule has 0 aromatic carbocycles. The smallest absolute Gasteiger partial charge is 0.359 e. The van der Waals surface area contributed by atoms with E-state index in [0.717, 1.165) is 6.92 Å². The van der Waals surface area contributed by atoms with E-state index in [4.69, 9.17) is 4.52 Å². The Morgan fingerprint density at radius 1 is 1.26 bits per heavy atom. The van der Waals surface area contributed by atoms with Crippen molar-refractivity contribution < 1.29 is 22.5 Å². The number of hydrogen-bond acceptors (Lipinski definition) is 4. The van der Waals surface area contributed by atoms with Gasteiger partial charge in [-0.25, -0.2) is 4.79 Å². The third-order valence-electron chi connectivity index (χ3n) is 3.96. The normalized spacial score (nSPS) is 18.3. The van der Waals surface area contributed by atoms with Gasteiger partial charge in [-0.2, -0.15) is 13.2 Å². The SMILES string of the molecule is CC(C)c1cc(NC(=O)N2CCN([C@@H](C)C(F)(F)F)CC2)no1. The Morgan fingerprint density at radius 2 is 1.87 bits per heavy atom. The maximum absolute atomic E-state index is 12.7. The number of rotatable bonds is 3. The Balaban J connectivity index is 1.86. The molecule has 0 radical (unpaired) electrons. The van der Waals surface area contributed by atoms with Crippen LogP contribution in [0.1, 0.15) is 32.4 Å². The molecule has 0 spiro atoms. The Labute approximate surface area is 132 Å². The number of nitrogens with one attached hydrogen (secondary N) is 1. The van der Waals surface area contributed by atoms with E-state index in [0.29, 0.717) is 11.6 Å². The number of anilines is 1. The third-order valence-corrected chi connectivity index (χ3v) is 3.96. The Kier molecular flexibility index (Phi) is 5.18. The topological polar surface area (TPSA) is 61.6 Å². The second-order valence-electron chi connectivity index (χ2n) is 5.94. The van der Waals surface area contributed by atoms with Crippen LogP contribution in [0.15, 0.2) is 10.6 Å². The standard InChI is InChI=1S/C14H21F3N4O2/c1-9(2)11-8-12(19-23-11)18-13(22)21-6-4-20(5-7-21)10(3)14(15,16)17/h8-10H,4-7H2,1-3H3,(H,18,19,22)/t10-/m0/s1. The number of carbonyl (C=O) groups is 1. The molecule has 0 aliphatic carbocycles. The van der Waals surface area contributed by atoms with Crippen molar-refractivity contribution in [2.24, 2.45) is 0 Å². The van der Waals surface area contributed by atoms with Crippen LogP contribution in [0.2, 0.25) is 0 Å². The number of hydrogen-bond donors (Lipinski definition) is 1. The molecule has 2 amide bonds. The van der Waals surface area contributed by atoms with Gasteiger partial charge in [-0.3, -0.25) is 10.2 Å². The van der Waals surface area contributed by atoms with Crippen LogP contribution >= 0.6 is 0 Å². The van der Waals surface area contributed by atoms with Crippen LogP contribution < -0.4 is 5.32 Å². The van der Waals surface area contributed by atoms with Crippen molar-refractivity contribution in [2.75, 3.05) is 31.5 Å². The van der Waals surface area contributed by atoms with Crippen LogP contribution in [0.3, 0.4) is 0 Å². The molecule has 2 heterocycles. The third kappa shape index (κ3) is 4.37. The van der Waals surface area contributed by atoms with Gasteiger partial charge in [0.25, 0.3) is 0 Å². The number of aromatic nitrogens is 1. The molecule has 130 valence electrons. The predicted molar refractivity (Wildman–Crippen MR) is 78.3 cm³/mol. The van der Waals surface area contributed by atoms with Gasteiger partial charge >= 0.3 is 12.2 Å². The molecular formula is C14H21F3N4O2. The lowest BCUT2D eigenvalue weighted by Gasteiger charge is -2.38. The first-order valence-electron chi connectivity index (χ1n) is 7.51. The molecule has 6 nitrogen and oxygen atoms in total. The predicted octanol–water partition coefficient (Wildman–Crippen LogP) is 2.90. The number of carbonyl (C=O) groups excluding carboxylic acids is 1. The van der Waals surface area contributed by atoms with Crippen LogP contribution in [0.5, 0.6) is 0 Å². The van der Waals surface area contributed by atoms with Gasteiger partial charge in [0, 0.05) is 38.2 Å². The summed E-state index contributed by atoms with van der Waals surface area (Å²) in [5.41, 5.74) is 0. The molecule has 1 N–H and O–H groups in total. The van der Waals surface area contributed by atoms with Gasteiger partial charge in [-0.1, -0.05) is 19.0 Å². The molecule has 1 saturated heterocycles. The number of nitrogens with zero attached hydrogens (tertiary/aromatic N) is 3. The highest BCUT2D eigenvalue weighted by Gasteiger charge is 2.41. The molecule has 1 aliphatic heterocycles. The summed E-state index contributed by atoms with van der Waals surface area (Å²) in [6, 6.07) is -0.241. The molecule has 0 saturated carbocycles. The van der Waals surface area contributed by atoms with E-state index in [-0.39, 0.29) is 38.1 Å². The first-order valence-corrected chi connectivity index (χ1v) is 7.51. The van der Waals surface area contributed by atoms with Crippen LogP contribution in [0.4, 0.5) is 23.8 Å². The lowest BCUT2D eigenvalue weighted by molar-refractivity contribution is -0.181. The van der Waals surface area contributed by atoms with E-state index < -0.39 is 12.2 Å². The molecular weight excluding hydrogens is 313 g/mol. The van der Waals surface area contributed by atoms with Crippen molar-refractivity contribution in [3.63, 3.8) is 0 Å². The summed E-state index contributed by atoms with van der Waals surface area (Å²) in [6.07, 6.45) is -4.25. The summed E-state index contributed by atoms with van der Waals surface area (Å²) in [7, 11) is 0.